The molecule has 2 rings (SSSR count). The van der Waals surface area contributed by atoms with Gasteiger partial charge in [0.1, 0.15) is 0 Å². The molecule has 0 radical (unpaired) electrons. The van der Waals surface area contributed by atoms with Gasteiger partial charge in [-0.1, -0.05) is 32.4 Å². The van der Waals surface area contributed by atoms with Crippen LogP contribution in [0.15, 0.2) is 17.1 Å². The van der Waals surface area contributed by atoms with Gasteiger partial charge in [-0.2, -0.15) is 0 Å². The van der Waals surface area contributed by atoms with Crippen molar-refractivity contribution in [1.82, 2.24) is 0 Å². The highest BCUT2D eigenvalue weighted by atomic mass is 35.5. The Labute approximate surface area is 155 Å². The molecule has 0 unspecified atom stereocenters. The van der Waals surface area contributed by atoms with Crippen molar-refractivity contribution in [2.24, 2.45) is 4.99 Å². The third-order valence-electron chi connectivity index (χ3n) is 5.41. The highest BCUT2D eigenvalue weighted by Gasteiger charge is 2.45. The molecule has 2 nitrogen and oxygen atoms in total. The van der Waals surface area contributed by atoms with Crippen molar-refractivity contribution in [3.63, 3.8) is 0 Å². The number of rotatable bonds is 4. The highest BCUT2D eigenvalue weighted by molar-refractivity contribution is 6.74. The molecule has 1 aliphatic heterocycles. The maximum Gasteiger partial charge on any atom is 0.192 e. The molecule has 140 valence electrons. The summed E-state index contributed by atoms with van der Waals surface area (Å²) in [6, 6.07) is 2.13. The van der Waals surface area contributed by atoms with Gasteiger partial charge in [-0.15, -0.1) is 0 Å². The van der Waals surface area contributed by atoms with Gasteiger partial charge in [-0.3, -0.25) is 4.99 Å². The maximum absolute atomic E-state index is 13.6. The predicted molar refractivity (Wildman–Crippen MR) is 103 cm³/mol. The van der Waals surface area contributed by atoms with Crippen LogP contribution in [-0.2, 0) is 4.43 Å². The second kappa shape index (κ2) is 6.75. The van der Waals surface area contributed by atoms with Gasteiger partial charge < -0.3 is 4.43 Å². The van der Waals surface area contributed by atoms with Gasteiger partial charge >= 0.3 is 0 Å². The summed E-state index contributed by atoms with van der Waals surface area (Å²) >= 11 is 6.10. The van der Waals surface area contributed by atoms with E-state index in [0.29, 0.717) is 12.0 Å². The van der Waals surface area contributed by atoms with Crippen LogP contribution in [0.3, 0.4) is 0 Å². The molecule has 0 saturated carbocycles. The number of nitrogens with zero attached hydrogens (tertiary/aromatic N) is 1. The van der Waals surface area contributed by atoms with Crippen molar-refractivity contribution >= 4 is 25.6 Å². The van der Waals surface area contributed by atoms with Crippen molar-refractivity contribution in [1.29, 1.82) is 0 Å². The quantitative estimate of drug-likeness (QED) is 0.434. The molecule has 0 aliphatic carbocycles. The molecule has 0 saturated heterocycles. The summed E-state index contributed by atoms with van der Waals surface area (Å²) in [4.78, 5) is 4.77. The first kappa shape index (κ1) is 20.5. The molecule has 6 heteroatoms. The first-order valence-corrected chi connectivity index (χ1v) is 11.9. The van der Waals surface area contributed by atoms with E-state index in [1.165, 1.54) is 0 Å². The Balaban J connectivity index is 2.27. The van der Waals surface area contributed by atoms with Crippen molar-refractivity contribution in [3.8, 4) is 0 Å². The standard InChI is InChI=1S/C19H28ClF2NOSi/c1-18(2,3)25(6,7)24-19(4,5)17-9-8-16(23-17)12-10-14(21)15(22)11-13(12)20/h10-11,17H,8-9H2,1-7H3/t17-/m1/s1. The minimum absolute atomic E-state index is 0.0270. The molecule has 1 atom stereocenters. The zero-order valence-corrected chi connectivity index (χ0v) is 17.9. The van der Waals surface area contributed by atoms with Crippen LogP contribution in [0, 0.1) is 11.6 Å². The Morgan fingerprint density at radius 3 is 2.24 bits per heavy atom. The Morgan fingerprint density at radius 1 is 1.12 bits per heavy atom. The third kappa shape index (κ3) is 4.31. The molecule has 0 fully saturated rings. The first-order chi connectivity index (χ1) is 11.2. The summed E-state index contributed by atoms with van der Waals surface area (Å²) < 4.78 is 33.5. The highest BCUT2D eigenvalue weighted by Crippen LogP contribution is 2.41. The van der Waals surface area contributed by atoms with E-state index < -0.39 is 25.6 Å². The van der Waals surface area contributed by atoms with Crippen LogP contribution in [0.1, 0.15) is 53.0 Å². The number of aliphatic imine (C=N–C) groups is 1. The van der Waals surface area contributed by atoms with E-state index in [2.05, 4.69) is 47.7 Å². The van der Waals surface area contributed by atoms with Crippen LogP contribution in [0.4, 0.5) is 8.78 Å². The van der Waals surface area contributed by atoms with Gasteiger partial charge in [-0.25, -0.2) is 8.78 Å². The molecular weight excluding hydrogens is 360 g/mol. The average molecular weight is 388 g/mol. The lowest BCUT2D eigenvalue weighted by atomic mass is 9.97. The van der Waals surface area contributed by atoms with Crippen molar-refractivity contribution in [2.45, 2.75) is 77.2 Å². The van der Waals surface area contributed by atoms with Crippen LogP contribution >= 0.6 is 11.6 Å². The fourth-order valence-electron chi connectivity index (χ4n) is 2.92. The van der Waals surface area contributed by atoms with E-state index in [0.717, 1.165) is 24.3 Å². The molecule has 0 aromatic heterocycles. The third-order valence-corrected chi connectivity index (χ3v) is 10.4. The van der Waals surface area contributed by atoms with Gasteiger partial charge in [0.15, 0.2) is 20.0 Å². The number of hydrogen-bond donors (Lipinski definition) is 0. The lowest BCUT2D eigenvalue weighted by Crippen LogP contribution is -2.51. The van der Waals surface area contributed by atoms with Gasteiger partial charge in [0.25, 0.3) is 0 Å². The SMILES string of the molecule is CC(C)(O[Si](C)(C)C(C)(C)C)[C@H]1CCC(c2cc(F)c(F)cc2Cl)=N1. The zero-order valence-electron chi connectivity index (χ0n) is 16.1. The lowest BCUT2D eigenvalue weighted by Gasteiger charge is -2.44. The molecular formula is C19H28ClF2NOSi. The number of benzene rings is 1. The van der Waals surface area contributed by atoms with Gasteiger partial charge in [0, 0.05) is 11.3 Å². The van der Waals surface area contributed by atoms with Crippen molar-refractivity contribution < 1.29 is 13.2 Å². The smallest absolute Gasteiger partial charge is 0.192 e. The van der Waals surface area contributed by atoms with Crippen LogP contribution < -0.4 is 0 Å². The van der Waals surface area contributed by atoms with E-state index in [1.54, 1.807) is 0 Å². The fraction of sp³-hybridized carbons (Fsp3) is 0.632. The van der Waals surface area contributed by atoms with Crippen LogP contribution in [0.5, 0.6) is 0 Å². The summed E-state index contributed by atoms with van der Waals surface area (Å²) in [5, 5.41) is 0.306. The molecule has 0 amide bonds. The minimum atomic E-state index is -1.94. The Hall–Kier alpha value is -0.783. The molecule has 1 aromatic carbocycles. The maximum atomic E-state index is 13.6. The fourth-order valence-corrected chi connectivity index (χ4v) is 4.94. The molecule has 1 aliphatic rings. The Morgan fingerprint density at radius 2 is 1.68 bits per heavy atom. The average Bonchev–Trinajstić information content (AvgIpc) is 2.90. The summed E-state index contributed by atoms with van der Waals surface area (Å²) in [7, 11) is -1.94. The van der Waals surface area contributed by atoms with E-state index in [9.17, 15) is 8.78 Å². The summed E-state index contributed by atoms with van der Waals surface area (Å²) in [6.45, 7) is 15.2. The molecule has 25 heavy (non-hydrogen) atoms. The number of hydrogen-bond acceptors (Lipinski definition) is 2. The largest absolute Gasteiger partial charge is 0.410 e. The summed E-state index contributed by atoms with van der Waals surface area (Å²) in [6.07, 6.45) is 1.49. The van der Waals surface area contributed by atoms with Crippen LogP contribution in [0.25, 0.3) is 0 Å². The van der Waals surface area contributed by atoms with Gasteiger partial charge in [0.2, 0.25) is 0 Å². The van der Waals surface area contributed by atoms with E-state index in [-0.39, 0.29) is 16.1 Å². The second-order valence-corrected chi connectivity index (χ2v) is 14.0. The summed E-state index contributed by atoms with van der Waals surface area (Å²) in [5.41, 5.74) is 0.780. The summed E-state index contributed by atoms with van der Waals surface area (Å²) in [5.74, 6) is -1.84. The Bertz CT molecular complexity index is 695. The van der Waals surface area contributed by atoms with Gasteiger partial charge in [-0.05, 0) is 57.0 Å². The van der Waals surface area contributed by atoms with E-state index in [4.69, 9.17) is 21.0 Å². The molecule has 1 aromatic rings. The molecule has 1 heterocycles. The van der Waals surface area contributed by atoms with Crippen LogP contribution in [0.2, 0.25) is 23.2 Å². The Kier molecular flexibility index (Phi) is 5.54. The predicted octanol–water partition coefficient (Wildman–Crippen LogP) is 6.37. The first-order valence-electron chi connectivity index (χ1n) is 8.66. The molecule has 0 bridgehead atoms. The zero-order chi connectivity index (χ0) is 19.2. The molecule has 0 spiro atoms. The van der Waals surface area contributed by atoms with Crippen molar-refractivity contribution in [2.75, 3.05) is 0 Å². The monoisotopic (exact) mass is 387 g/mol. The van der Waals surface area contributed by atoms with E-state index >= 15 is 0 Å². The van der Waals surface area contributed by atoms with Crippen molar-refractivity contribution in [3.05, 3.63) is 34.4 Å². The topological polar surface area (TPSA) is 21.6 Å². The van der Waals surface area contributed by atoms with E-state index in [1.807, 2.05) is 0 Å². The second-order valence-electron chi connectivity index (χ2n) is 8.84. The number of halogens is 3. The van der Waals surface area contributed by atoms with Crippen LogP contribution in [-0.4, -0.2) is 25.7 Å². The minimum Gasteiger partial charge on any atom is -0.410 e. The molecule has 0 N–H and O–H groups in total. The lowest BCUT2D eigenvalue weighted by molar-refractivity contribution is 0.0651. The van der Waals surface area contributed by atoms with Gasteiger partial charge in [0.05, 0.1) is 16.7 Å². The normalized spacial score (nSPS) is 19.3.